The van der Waals surface area contributed by atoms with Crippen LogP contribution in [0.4, 0.5) is 31.5 Å². The zero-order valence-corrected chi connectivity index (χ0v) is 46.4. The van der Waals surface area contributed by atoms with Crippen molar-refractivity contribution >= 4 is 22.7 Å². The molecule has 6 aromatic carbocycles. The number of nitrogens with one attached hydrogen (secondary N) is 2. The summed E-state index contributed by atoms with van der Waals surface area (Å²) < 4.78 is 35.5. The van der Waals surface area contributed by atoms with Gasteiger partial charge in [-0.15, -0.1) is 0 Å². The molecule has 2 aliphatic heterocycles. The van der Waals surface area contributed by atoms with Gasteiger partial charge in [0.05, 0.1) is 73.0 Å². The van der Waals surface area contributed by atoms with Gasteiger partial charge in [-0.1, -0.05) is 48.5 Å². The van der Waals surface area contributed by atoms with Gasteiger partial charge < -0.3 is 40.5 Å². The molecule has 8 saturated carbocycles. The Morgan fingerprint density at radius 2 is 1.05 bits per heavy atom. The van der Waals surface area contributed by atoms with Crippen LogP contribution in [0.3, 0.4) is 0 Å². The second-order valence-corrected chi connectivity index (χ2v) is 25.8. The quantitative estimate of drug-likeness (QED) is 0.0646. The third-order valence-corrected chi connectivity index (χ3v) is 21.2. The number of aromatic nitrogens is 4. The van der Waals surface area contributed by atoms with Crippen molar-refractivity contribution < 1.29 is 23.7 Å². The number of rotatable bonds is 14. The van der Waals surface area contributed by atoms with E-state index in [1.807, 2.05) is 25.0 Å². The van der Waals surface area contributed by atoms with E-state index in [1.54, 1.807) is 19.1 Å². The summed E-state index contributed by atoms with van der Waals surface area (Å²) >= 11 is 0. The van der Waals surface area contributed by atoms with Gasteiger partial charge >= 0.3 is 0 Å². The maximum atomic E-state index is 13.3. The maximum absolute atomic E-state index is 13.3. The molecule has 428 valence electrons. The zero-order chi connectivity index (χ0) is 57.1. The molecule has 8 fully saturated rings. The highest BCUT2D eigenvalue weighted by Gasteiger charge is 2.59. The minimum absolute atomic E-state index is 0.0434. The lowest BCUT2D eigenvalue weighted by Gasteiger charge is -2.62. The number of hydrogen-bond donors (Lipinski definition) is 5. The molecule has 8 aliphatic carbocycles. The van der Waals surface area contributed by atoms with Crippen LogP contribution in [0.1, 0.15) is 113 Å². The largest absolute Gasteiger partial charge is 0.488 e. The summed E-state index contributed by atoms with van der Waals surface area (Å²) in [5.41, 5.74) is 14.0. The normalized spacial score (nSPS) is 29.5. The van der Waals surface area contributed by atoms with Crippen molar-refractivity contribution in [3.63, 3.8) is 0 Å². The molecule has 14 nitrogen and oxygen atoms in total. The highest BCUT2D eigenvalue weighted by Crippen LogP contribution is 2.65. The first-order valence-electron chi connectivity index (χ1n) is 29.9. The van der Waals surface area contributed by atoms with Crippen molar-refractivity contribution in [1.82, 2.24) is 19.1 Å². The molecule has 2 aromatic heterocycles. The average Bonchev–Trinajstić information content (AvgIpc) is 3.61. The molecule has 83 heavy (non-hydrogen) atoms. The molecular formula is C67H69F2N7O7. The van der Waals surface area contributed by atoms with Crippen molar-refractivity contribution in [1.29, 1.82) is 0 Å². The van der Waals surface area contributed by atoms with E-state index in [0.717, 1.165) is 63.0 Å². The molecule has 0 amide bonds. The van der Waals surface area contributed by atoms with E-state index >= 15 is 0 Å². The van der Waals surface area contributed by atoms with Crippen LogP contribution < -0.4 is 42.8 Å². The standard InChI is InChI=1S/C33H32FN3O3.C22H27N3O.C12H10FNO3/c34-21-5-7-22(8-6-21)36-30-26(31(39)32(30)40)11-25-19-9-18-10-20(25)15-33(13-18,14-19)29(38)12-27-23-3-1-2-4-24(23)28-16-35-17-37(27)28;23-21-14-5-13-6-15(21)10-22(8-13,9-14)20(26)7-18-16-3-1-2-4-17(16)19-11-24-12-25(18)19;1-2-17-12-9(10(15)11(12)16)14-8-5-3-7(13)4-6-8/h1-8,16-20,25,27,29,36,38H,9-15H2;1-4,11-15,18,20-21,26H,5-10,23H2;3-6,14H,2H2,1H3. The third-order valence-electron chi connectivity index (χ3n) is 21.2. The van der Waals surface area contributed by atoms with E-state index in [2.05, 4.69) is 78.3 Å². The molecule has 8 atom stereocenters. The first-order valence-corrected chi connectivity index (χ1v) is 29.9. The summed E-state index contributed by atoms with van der Waals surface area (Å²) in [4.78, 5) is 56.4. The van der Waals surface area contributed by atoms with E-state index < -0.39 is 22.4 Å². The molecule has 8 bridgehead atoms. The van der Waals surface area contributed by atoms with Gasteiger partial charge in [0.1, 0.15) is 17.3 Å². The Labute approximate surface area is 479 Å². The molecular weight excluding hydrogens is 1050 g/mol. The SMILES string of the molecule is CCOc1c(Nc2ccc(F)cc2)c(=O)c1=O.NC1C2CC3CC1CC(C(O)CC1c4ccccc4-c4cncn41)(C3)C2.O=c1c(CC2C3CC4CC2CC(C(O)CC2c5ccccc5-c5cncn52)(C4)C3)c(Nc2ccc(F)cc2)c1=O. The molecule has 16 heteroatoms. The van der Waals surface area contributed by atoms with Gasteiger partial charge in [0.25, 0.3) is 10.9 Å². The fourth-order valence-electron chi connectivity index (χ4n) is 17.9. The van der Waals surface area contributed by atoms with Crippen molar-refractivity contribution in [3.05, 3.63) is 191 Å². The van der Waals surface area contributed by atoms with Crippen LogP contribution >= 0.6 is 0 Å². The minimum atomic E-state index is -0.628. The van der Waals surface area contributed by atoms with Gasteiger partial charge in [-0.25, -0.2) is 18.7 Å². The Morgan fingerprint density at radius 3 is 1.54 bits per heavy atom. The number of anilines is 4. The number of fused-ring (bicyclic) bond motifs is 6. The van der Waals surface area contributed by atoms with E-state index in [4.69, 9.17) is 10.5 Å². The summed E-state index contributed by atoms with van der Waals surface area (Å²) in [7, 11) is 0. The lowest BCUT2D eigenvalue weighted by atomic mass is 9.44. The fraction of sp³-hybridized carbons (Fsp3) is 0.433. The first-order chi connectivity index (χ1) is 40.2. The van der Waals surface area contributed by atoms with Crippen molar-refractivity contribution in [3.8, 4) is 28.3 Å². The van der Waals surface area contributed by atoms with E-state index in [9.17, 15) is 38.2 Å². The number of hydrogen-bond acceptors (Lipinski definition) is 12. The highest BCUT2D eigenvalue weighted by molar-refractivity contribution is 5.71. The second kappa shape index (κ2) is 20.7. The Balaban J connectivity index is 0.000000122. The number of benzene rings is 4. The van der Waals surface area contributed by atoms with Crippen LogP contribution in [-0.2, 0) is 6.42 Å². The lowest BCUT2D eigenvalue weighted by molar-refractivity contribution is -0.150. The molecule has 0 radical (unpaired) electrons. The summed E-state index contributed by atoms with van der Waals surface area (Å²) in [6, 6.07) is 29.1. The van der Waals surface area contributed by atoms with E-state index in [-0.39, 0.29) is 57.5 Å². The first kappa shape index (κ1) is 53.6. The number of aliphatic hydroxyl groups excluding tert-OH is 2. The van der Waals surface area contributed by atoms with Gasteiger partial charge in [0.15, 0.2) is 5.75 Å². The Kier molecular flexibility index (Phi) is 13.4. The Bertz CT molecular complexity index is 3860. The lowest BCUT2D eigenvalue weighted by Crippen LogP contribution is -2.60. The van der Waals surface area contributed by atoms with Crippen LogP contribution in [0, 0.1) is 63.9 Å². The van der Waals surface area contributed by atoms with Gasteiger partial charge in [-0.3, -0.25) is 19.2 Å². The summed E-state index contributed by atoms with van der Waals surface area (Å²) in [6.45, 7) is 2.03. The number of imidazole rings is 2. The van der Waals surface area contributed by atoms with Gasteiger partial charge in [0.2, 0.25) is 10.9 Å². The Morgan fingerprint density at radius 1 is 0.602 bits per heavy atom. The van der Waals surface area contributed by atoms with Gasteiger partial charge in [-0.2, -0.15) is 0 Å². The predicted octanol–water partition coefficient (Wildman–Crippen LogP) is 10.3. The molecule has 6 N–H and O–H groups in total. The summed E-state index contributed by atoms with van der Waals surface area (Å²) in [6.07, 6.45) is 20.5. The maximum Gasteiger partial charge on any atom is 0.272 e. The molecule has 10 aliphatic rings. The molecule has 4 heterocycles. The van der Waals surface area contributed by atoms with Crippen LogP contribution in [-0.4, -0.2) is 54.2 Å². The molecule has 8 aromatic rings. The van der Waals surface area contributed by atoms with Crippen molar-refractivity contribution in [2.24, 2.45) is 58.0 Å². The molecule has 0 saturated heterocycles. The minimum Gasteiger partial charge on any atom is -0.488 e. The van der Waals surface area contributed by atoms with Crippen LogP contribution in [0.25, 0.3) is 22.5 Å². The topological polar surface area (TPSA) is 204 Å². The number of nitrogens with two attached hydrogens (primary N) is 1. The predicted molar refractivity (Wildman–Crippen MR) is 313 cm³/mol. The van der Waals surface area contributed by atoms with Gasteiger partial charge in [0, 0.05) is 34.1 Å². The van der Waals surface area contributed by atoms with Crippen LogP contribution in [0.5, 0.6) is 5.75 Å². The van der Waals surface area contributed by atoms with Gasteiger partial charge in [-0.05, 0) is 202 Å². The van der Waals surface area contributed by atoms with E-state index in [1.165, 1.54) is 83.6 Å². The summed E-state index contributed by atoms with van der Waals surface area (Å²) in [5, 5.41) is 29.2. The zero-order valence-electron chi connectivity index (χ0n) is 46.4. The molecule has 18 rings (SSSR count). The molecule has 0 spiro atoms. The molecule has 8 unspecified atom stereocenters. The average molecular weight is 1120 g/mol. The monoisotopic (exact) mass is 1120 g/mol. The number of halogens is 2. The fourth-order valence-corrected chi connectivity index (χ4v) is 17.9. The Hall–Kier alpha value is -7.40. The highest BCUT2D eigenvalue weighted by atomic mass is 19.1. The van der Waals surface area contributed by atoms with Crippen LogP contribution in [0.15, 0.2) is 141 Å². The van der Waals surface area contributed by atoms with E-state index in [0.29, 0.717) is 83.6 Å². The third kappa shape index (κ3) is 9.12. The number of aliphatic hydroxyl groups is 2. The number of nitrogens with zero attached hydrogens (tertiary/aromatic N) is 4. The van der Waals surface area contributed by atoms with Crippen LogP contribution in [0.2, 0.25) is 0 Å². The number of ether oxygens (including phenoxy) is 1. The van der Waals surface area contributed by atoms with Crippen molar-refractivity contribution in [2.75, 3.05) is 17.2 Å². The second-order valence-electron chi connectivity index (χ2n) is 25.8. The summed E-state index contributed by atoms with van der Waals surface area (Å²) in [5.74, 6) is 3.25. The smallest absolute Gasteiger partial charge is 0.272 e. The van der Waals surface area contributed by atoms with Crippen molar-refractivity contribution in [2.45, 2.75) is 121 Å².